The van der Waals surface area contributed by atoms with Crippen LogP contribution in [0.3, 0.4) is 0 Å². The molecule has 0 fully saturated rings. The summed E-state index contributed by atoms with van der Waals surface area (Å²) in [7, 11) is 0. The van der Waals surface area contributed by atoms with Gasteiger partial charge in [-0.05, 0) is 36.8 Å². The van der Waals surface area contributed by atoms with Crippen molar-refractivity contribution in [3.63, 3.8) is 0 Å². The maximum absolute atomic E-state index is 13.0. The average molecular weight is 307 g/mol. The third kappa shape index (κ3) is 4.26. The number of nitrogens with one attached hydrogen (secondary N) is 1. The molecular formula is C16H15F2NO3. The summed E-state index contributed by atoms with van der Waals surface area (Å²) in [6.07, 6.45) is -0.639. The lowest BCUT2D eigenvalue weighted by Crippen LogP contribution is -2.20. The number of benzene rings is 2. The maximum atomic E-state index is 13.0. The molecule has 2 aromatic carbocycles. The Balaban J connectivity index is 1.92. The second-order valence-corrected chi connectivity index (χ2v) is 4.71. The van der Waals surface area contributed by atoms with Gasteiger partial charge in [0.25, 0.3) is 5.91 Å². The Morgan fingerprint density at radius 3 is 2.68 bits per heavy atom. The van der Waals surface area contributed by atoms with Gasteiger partial charge in [0.05, 0.1) is 6.10 Å². The molecule has 0 bridgehead atoms. The lowest BCUT2D eigenvalue weighted by molar-refractivity contribution is -0.118. The van der Waals surface area contributed by atoms with Crippen molar-refractivity contribution in [3.8, 4) is 5.75 Å². The summed E-state index contributed by atoms with van der Waals surface area (Å²) in [6.45, 7) is 1.33. The van der Waals surface area contributed by atoms with Crippen LogP contribution in [0.1, 0.15) is 18.6 Å². The molecule has 0 radical (unpaired) electrons. The number of hydrogen-bond acceptors (Lipinski definition) is 3. The molecule has 22 heavy (non-hydrogen) atoms. The summed E-state index contributed by atoms with van der Waals surface area (Å²) in [5, 5.41) is 11.9. The Hall–Kier alpha value is -2.47. The minimum atomic E-state index is -1.04. The quantitative estimate of drug-likeness (QED) is 0.892. The number of amides is 1. The molecule has 0 aliphatic carbocycles. The third-order valence-electron chi connectivity index (χ3n) is 2.91. The largest absolute Gasteiger partial charge is 0.484 e. The number of hydrogen-bond donors (Lipinski definition) is 2. The molecule has 4 nitrogen and oxygen atoms in total. The molecular weight excluding hydrogens is 292 g/mol. The van der Waals surface area contributed by atoms with Gasteiger partial charge < -0.3 is 15.2 Å². The molecule has 0 saturated carbocycles. The molecule has 2 N–H and O–H groups in total. The van der Waals surface area contributed by atoms with Gasteiger partial charge >= 0.3 is 0 Å². The van der Waals surface area contributed by atoms with Crippen LogP contribution in [0, 0.1) is 11.6 Å². The minimum Gasteiger partial charge on any atom is -0.484 e. The zero-order valence-corrected chi connectivity index (χ0v) is 11.8. The number of halogens is 2. The van der Waals surface area contributed by atoms with Gasteiger partial charge in [0.2, 0.25) is 0 Å². The highest BCUT2D eigenvalue weighted by molar-refractivity contribution is 5.91. The molecule has 6 heteroatoms. The third-order valence-corrected chi connectivity index (χ3v) is 2.91. The van der Waals surface area contributed by atoms with Crippen LogP contribution in [0.15, 0.2) is 42.5 Å². The van der Waals surface area contributed by atoms with Gasteiger partial charge in [0.1, 0.15) is 5.75 Å². The van der Waals surface area contributed by atoms with Crippen LogP contribution in [0.2, 0.25) is 0 Å². The standard InChI is InChI=1S/C16H15F2NO3/c1-10(20)11-3-2-4-13(7-11)22-9-16(21)19-12-5-6-14(17)15(18)8-12/h2-8,10,20H,9H2,1H3,(H,19,21). The van der Waals surface area contributed by atoms with Crippen molar-refractivity contribution in [1.29, 1.82) is 0 Å². The van der Waals surface area contributed by atoms with Crippen LogP contribution in [-0.2, 0) is 4.79 Å². The van der Waals surface area contributed by atoms with Gasteiger partial charge in [-0.25, -0.2) is 8.78 Å². The summed E-state index contributed by atoms with van der Waals surface area (Å²) in [6, 6.07) is 9.78. The first-order chi connectivity index (χ1) is 10.5. The normalized spacial score (nSPS) is 11.8. The second-order valence-electron chi connectivity index (χ2n) is 4.71. The first kappa shape index (κ1) is 15.9. The van der Waals surface area contributed by atoms with Gasteiger partial charge in [-0.3, -0.25) is 4.79 Å². The highest BCUT2D eigenvalue weighted by Crippen LogP contribution is 2.19. The van der Waals surface area contributed by atoms with E-state index >= 15 is 0 Å². The number of aliphatic hydroxyl groups is 1. The number of anilines is 1. The monoisotopic (exact) mass is 307 g/mol. The molecule has 1 atom stereocenters. The van der Waals surface area contributed by atoms with Crippen LogP contribution >= 0.6 is 0 Å². The van der Waals surface area contributed by atoms with E-state index in [0.29, 0.717) is 11.3 Å². The molecule has 2 aromatic rings. The number of carbonyl (C=O) groups excluding carboxylic acids is 1. The number of rotatable bonds is 5. The number of carbonyl (C=O) groups is 1. The van der Waals surface area contributed by atoms with Crippen molar-refractivity contribution in [2.75, 3.05) is 11.9 Å². The van der Waals surface area contributed by atoms with Crippen molar-refractivity contribution in [1.82, 2.24) is 0 Å². The summed E-state index contributed by atoms with van der Waals surface area (Å²) in [5.41, 5.74) is 0.809. The van der Waals surface area contributed by atoms with Crippen LogP contribution in [0.5, 0.6) is 5.75 Å². The van der Waals surface area contributed by atoms with Gasteiger partial charge in [-0.1, -0.05) is 12.1 Å². The molecule has 116 valence electrons. The Morgan fingerprint density at radius 1 is 1.23 bits per heavy atom. The molecule has 2 rings (SSSR count). The molecule has 0 heterocycles. The summed E-state index contributed by atoms with van der Waals surface area (Å²) in [5.74, 6) is -2.10. The summed E-state index contributed by atoms with van der Waals surface area (Å²) < 4.78 is 31.1. The van der Waals surface area contributed by atoms with Crippen molar-refractivity contribution >= 4 is 11.6 Å². The predicted octanol–water partition coefficient (Wildman–Crippen LogP) is 3.04. The van der Waals surface area contributed by atoms with Crippen molar-refractivity contribution in [2.24, 2.45) is 0 Å². The predicted molar refractivity (Wildman–Crippen MR) is 77.6 cm³/mol. The van der Waals surface area contributed by atoms with Crippen molar-refractivity contribution in [3.05, 3.63) is 59.7 Å². The SMILES string of the molecule is CC(O)c1cccc(OCC(=O)Nc2ccc(F)c(F)c2)c1. The second kappa shape index (κ2) is 7.00. The molecule has 0 aliphatic rings. The van der Waals surface area contributed by atoms with Crippen LogP contribution in [-0.4, -0.2) is 17.6 Å². The number of aliphatic hydroxyl groups excluding tert-OH is 1. The van der Waals surface area contributed by atoms with Crippen LogP contribution < -0.4 is 10.1 Å². The van der Waals surface area contributed by atoms with Gasteiger partial charge in [-0.2, -0.15) is 0 Å². The van der Waals surface area contributed by atoms with E-state index in [1.165, 1.54) is 6.07 Å². The van der Waals surface area contributed by atoms with Crippen molar-refractivity contribution < 1.29 is 23.4 Å². The summed E-state index contributed by atoms with van der Waals surface area (Å²) >= 11 is 0. The Bertz CT molecular complexity index is 674. The molecule has 0 saturated heterocycles. The first-order valence-corrected chi connectivity index (χ1v) is 6.61. The summed E-state index contributed by atoms with van der Waals surface area (Å²) in [4.78, 5) is 11.7. The molecule has 0 spiro atoms. The van der Waals surface area contributed by atoms with Crippen LogP contribution in [0.25, 0.3) is 0 Å². The van der Waals surface area contributed by atoms with E-state index in [-0.39, 0.29) is 12.3 Å². The van der Waals surface area contributed by atoms with E-state index in [4.69, 9.17) is 4.74 Å². The van der Waals surface area contributed by atoms with Gasteiger partial charge in [0.15, 0.2) is 18.2 Å². The van der Waals surface area contributed by atoms with Gasteiger partial charge in [-0.15, -0.1) is 0 Å². The Morgan fingerprint density at radius 2 is 2.00 bits per heavy atom. The van der Waals surface area contributed by atoms with E-state index in [1.54, 1.807) is 31.2 Å². The fourth-order valence-corrected chi connectivity index (χ4v) is 1.78. The van der Waals surface area contributed by atoms with E-state index in [0.717, 1.165) is 12.1 Å². The van der Waals surface area contributed by atoms with E-state index in [9.17, 15) is 18.7 Å². The zero-order chi connectivity index (χ0) is 16.1. The molecule has 0 aliphatic heterocycles. The Labute approximate surface area is 126 Å². The smallest absolute Gasteiger partial charge is 0.262 e. The van der Waals surface area contributed by atoms with Crippen molar-refractivity contribution in [2.45, 2.75) is 13.0 Å². The average Bonchev–Trinajstić information content (AvgIpc) is 2.49. The first-order valence-electron chi connectivity index (χ1n) is 6.61. The van der Waals surface area contributed by atoms with Gasteiger partial charge in [0, 0.05) is 11.8 Å². The maximum Gasteiger partial charge on any atom is 0.262 e. The van der Waals surface area contributed by atoms with E-state index < -0.39 is 23.6 Å². The lowest BCUT2D eigenvalue weighted by Gasteiger charge is -2.10. The molecule has 1 amide bonds. The molecule has 1 unspecified atom stereocenters. The highest BCUT2D eigenvalue weighted by Gasteiger charge is 2.08. The fourth-order valence-electron chi connectivity index (χ4n) is 1.78. The topological polar surface area (TPSA) is 58.6 Å². The minimum absolute atomic E-state index is 0.144. The number of ether oxygens (including phenoxy) is 1. The van der Waals surface area contributed by atoms with E-state index in [1.807, 2.05) is 0 Å². The van der Waals surface area contributed by atoms with Crippen LogP contribution in [0.4, 0.5) is 14.5 Å². The Kier molecular flexibility index (Phi) is 5.06. The highest BCUT2D eigenvalue weighted by atomic mass is 19.2. The molecule has 0 aromatic heterocycles. The zero-order valence-electron chi connectivity index (χ0n) is 11.8. The fraction of sp³-hybridized carbons (Fsp3) is 0.188. The van der Waals surface area contributed by atoms with E-state index in [2.05, 4.69) is 5.32 Å². The lowest BCUT2D eigenvalue weighted by atomic mass is 10.1.